The van der Waals surface area contributed by atoms with Crippen LogP contribution in [0.5, 0.6) is 0 Å². The number of hydrogen-bond donors (Lipinski definition) is 1. The number of piperidine rings is 1. The molecule has 0 atom stereocenters. The van der Waals surface area contributed by atoms with Gasteiger partial charge in [0.15, 0.2) is 0 Å². The lowest BCUT2D eigenvalue weighted by Crippen LogP contribution is -2.53. The average molecular weight is 331 g/mol. The van der Waals surface area contributed by atoms with E-state index in [0.29, 0.717) is 32.5 Å². The molecule has 1 aromatic carbocycles. The molecule has 2 heterocycles. The maximum Gasteiger partial charge on any atom is 0.320 e. The number of amides is 2. The molecule has 0 radical (unpaired) electrons. The summed E-state index contributed by atoms with van der Waals surface area (Å²) >= 11 is 0. The lowest BCUT2D eigenvalue weighted by molar-refractivity contribution is -0.151. The van der Waals surface area contributed by atoms with Crippen molar-refractivity contribution in [2.24, 2.45) is 5.92 Å². The largest absolute Gasteiger partial charge is 0.461 e. The first kappa shape index (κ1) is 16.8. The van der Waals surface area contributed by atoms with Crippen LogP contribution in [0.2, 0.25) is 0 Å². The number of urea groups is 1. The highest BCUT2D eigenvalue weighted by Crippen LogP contribution is 2.20. The third-order valence-corrected chi connectivity index (χ3v) is 4.71. The fourth-order valence-electron chi connectivity index (χ4n) is 3.21. The van der Waals surface area contributed by atoms with Gasteiger partial charge in [-0.2, -0.15) is 0 Å². The first-order valence-corrected chi connectivity index (χ1v) is 8.69. The molecule has 2 amide bonds. The van der Waals surface area contributed by atoms with E-state index >= 15 is 0 Å². The second-order valence-corrected chi connectivity index (χ2v) is 6.37. The van der Waals surface area contributed by atoms with E-state index in [9.17, 15) is 9.59 Å². The minimum absolute atomic E-state index is 0.0965. The summed E-state index contributed by atoms with van der Waals surface area (Å²) in [5.74, 6) is -0.242. The summed E-state index contributed by atoms with van der Waals surface area (Å²) in [6.45, 7) is 4.82. The molecular weight excluding hydrogens is 306 g/mol. The fourth-order valence-corrected chi connectivity index (χ4v) is 3.21. The van der Waals surface area contributed by atoms with E-state index in [4.69, 9.17) is 4.74 Å². The zero-order valence-corrected chi connectivity index (χ0v) is 13.9. The molecule has 1 N–H and O–H groups in total. The Balaban J connectivity index is 1.42. The first-order chi connectivity index (χ1) is 11.7. The molecule has 2 saturated heterocycles. The van der Waals surface area contributed by atoms with Crippen molar-refractivity contribution in [2.45, 2.75) is 19.4 Å². The Morgan fingerprint density at radius 2 is 1.62 bits per heavy atom. The standard InChI is InChI=1S/C18H25N3O3/c22-17(24-14-15-4-2-1-3-5-15)16-6-10-20(11-7-16)18(23)21-12-8-19-9-13-21/h1-5,16,19H,6-14H2. The lowest BCUT2D eigenvalue weighted by Gasteiger charge is -2.36. The third-order valence-electron chi connectivity index (χ3n) is 4.71. The van der Waals surface area contributed by atoms with Crippen LogP contribution >= 0.6 is 0 Å². The van der Waals surface area contributed by atoms with Crippen molar-refractivity contribution in [3.63, 3.8) is 0 Å². The van der Waals surface area contributed by atoms with Gasteiger partial charge in [0.2, 0.25) is 0 Å². The highest BCUT2D eigenvalue weighted by Gasteiger charge is 2.30. The quantitative estimate of drug-likeness (QED) is 0.852. The molecule has 24 heavy (non-hydrogen) atoms. The van der Waals surface area contributed by atoms with E-state index in [2.05, 4.69) is 5.32 Å². The number of nitrogens with one attached hydrogen (secondary N) is 1. The molecule has 0 saturated carbocycles. The smallest absolute Gasteiger partial charge is 0.320 e. The number of likely N-dealkylation sites (tertiary alicyclic amines) is 1. The Morgan fingerprint density at radius 3 is 2.29 bits per heavy atom. The fraction of sp³-hybridized carbons (Fsp3) is 0.556. The maximum atomic E-state index is 12.4. The van der Waals surface area contributed by atoms with Gasteiger partial charge in [-0.3, -0.25) is 4.79 Å². The predicted octanol–water partition coefficient (Wildman–Crippen LogP) is 1.47. The minimum Gasteiger partial charge on any atom is -0.461 e. The first-order valence-electron chi connectivity index (χ1n) is 8.69. The average Bonchev–Trinajstić information content (AvgIpc) is 2.67. The Morgan fingerprint density at radius 1 is 1.00 bits per heavy atom. The van der Waals surface area contributed by atoms with Crippen LogP contribution in [0.3, 0.4) is 0 Å². The second-order valence-electron chi connectivity index (χ2n) is 6.37. The maximum absolute atomic E-state index is 12.4. The van der Waals surface area contributed by atoms with Gasteiger partial charge in [0, 0.05) is 39.3 Å². The van der Waals surface area contributed by atoms with Crippen molar-refractivity contribution >= 4 is 12.0 Å². The Labute approximate surface area is 142 Å². The van der Waals surface area contributed by atoms with Gasteiger partial charge in [0.1, 0.15) is 6.61 Å². The number of esters is 1. The van der Waals surface area contributed by atoms with Crippen LogP contribution in [0.25, 0.3) is 0 Å². The van der Waals surface area contributed by atoms with Crippen molar-refractivity contribution < 1.29 is 14.3 Å². The van der Waals surface area contributed by atoms with Gasteiger partial charge < -0.3 is 19.9 Å². The van der Waals surface area contributed by atoms with E-state index in [-0.39, 0.29) is 17.9 Å². The summed E-state index contributed by atoms with van der Waals surface area (Å²) in [5.41, 5.74) is 0.997. The normalized spacial score (nSPS) is 19.2. The number of benzene rings is 1. The molecule has 0 unspecified atom stereocenters. The lowest BCUT2D eigenvalue weighted by atomic mass is 9.97. The van der Waals surface area contributed by atoms with Crippen molar-refractivity contribution in [1.82, 2.24) is 15.1 Å². The summed E-state index contributed by atoms with van der Waals surface area (Å²) in [6, 6.07) is 9.81. The molecule has 2 fully saturated rings. The molecule has 0 bridgehead atoms. The summed E-state index contributed by atoms with van der Waals surface area (Å²) in [4.78, 5) is 28.4. The van der Waals surface area contributed by atoms with Gasteiger partial charge in [-0.15, -0.1) is 0 Å². The van der Waals surface area contributed by atoms with Crippen LogP contribution in [0.15, 0.2) is 30.3 Å². The summed E-state index contributed by atoms with van der Waals surface area (Å²) in [7, 11) is 0. The van der Waals surface area contributed by atoms with E-state index in [1.54, 1.807) is 0 Å². The molecule has 2 aliphatic heterocycles. The number of piperazine rings is 1. The minimum atomic E-state index is -0.145. The van der Waals surface area contributed by atoms with Crippen LogP contribution < -0.4 is 5.32 Å². The van der Waals surface area contributed by atoms with Gasteiger partial charge in [0.25, 0.3) is 0 Å². The number of hydrogen-bond acceptors (Lipinski definition) is 4. The van der Waals surface area contributed by atoms with Gasteiger partial charge in [-0.05, 0) is 18.4 Å². The number of rotatable bonds is 3. The monoisotopic (exact) mass is 331 g/mol. The summed E-state index contributed by atoms with van der Waals surface area (Å²) < 4.78 is 5.42. The molecule has 6 heteroatoms. The molecule has 3 rings (SSSR count). The van der Waals surface area contributed by atoms with Crippen LogP contribution in [0, 0.1) is 5.92 Å². The van der Waals surface area contributed by atoms with Crippen LogP contribution in [-0.4, -0.2) is 61.1 Å². The molecule has 6 nitrogen and oxygen atoms in total. The van der Waals surface area contributed by atoms with Crippen molar-refractivity contribution in [3.05, 3.63) is 35.9 Å². The SMILES string of the molecule is O=C(OCc1ccccc1)C1CCN(C(=O)N2CCNCC2)CC1. The summed E-state index contributed by atoms with van der Waals surface area (Å²) in [5, 5.41) is 3.25. The Kier molecular flexibility index (Phi) is 5.69. The zero-order valence-electron chi connectivity index (χ0n) is 13.9. The molecule has 0 spiro atoms. The van der Waals surface area contributed by atoms with Crippen LogP contribution in [-0.2, 0) is 16.1 Å². The molecular formula is C18H25N3O3. The van der Waals surface area contributed by atoms with Crippen molar-refractivity contribution in [2.75, 3.05) is 39.3 Å². The Hall–Kier alpha value is -2.08. The molecule has 130 valence electrons. The van der Waals surface area contributed by atoms with Gasteiger partial charge >= 0.3 is 12.0 Å². The van der Waals surface area contributed by atoms with Crippen molar-refractivity contribution in [1.29, 1.82) is 0 Å². The zero-order chi connectivity index (χ0) is 16.8. The van der Waals surface area contributed by atoms with Gasteiger partial charge in [0.05, 0.1) is 5.92 Å². The highest BCUT2D eigenvalue weighted by molar-refractivity contribution is 5.76. The van der Waals surface area contributed by atoms with E-state index in [1.165, 1.54) is 0 Å². The molecule has 0 aromatic heterocycles. The van der Waals surface area contributed by atoms with Gasteiger partial charge in [-0.25, -0.2) is 4.79 Å². The summed E-state index contributed by atoms with van der Waals surface area (Å²) in [6.07, 6.45) is 1.37. The van der Waals surface area contributed by atoms with Crippen molar-refractivity contribution in [3.8, 4) is 0 Å². The molecule has 2 aliphatic rings. The number of carbonyl (C=O) groups excluding carboxylic acids is 2. The molecule has 0 aliphatic carbocycles. The highest BCUT2D eigenvalue weighted by atomic mass is 16.5. The predicted molar refractivity (Wildman–Crippen MR) is 90.4 cm³/mol. The van der Waals surface area contributed by atoms with Crippen LogP contribution in [0.1, 0.15) is 18.4 Å². The van der Waals surface area contributed by atoms with E-state index in [1.807, 2.05) is 40.1 Å². The van der Waals surface area contributed by atoms with Gasteiger partial charge in [-0.1, -0.05) is 30.3 Å². The van der Waals surface area contributed by atoms with Crippen LogP contribution in [0.4, 0.5) is 4.79 Å². The third kappa shape index (κ3) is 4.26. The number of ether oxygens (including phenoxy) is 1. The van der Waals surface area contributed by atoms with E-state index < -0.39 is 0 Å². The molecule has 1 aromatic rings. The van der Waals surface area contributed by atoms with E-state index in [0.717, 1.165) is 31.7 Å². The Bertz CT molecular complexity index is 550. The number of nitrogens with zero attached hydrogens (tertiary/aromatic N) is 2. The topological polar surface area (TPSA) is 61.9 Å². The second kappa shape index (κ2) is 8.15. The number of carbonyl (C=O) groups is 2.